The van der Waals surface area contributed by atoms with Crippen molar-refractivity contribution in [1.82, 2.24) is 5.32 Å². The highest BCUT2D eigenvalue weighted by atomic mass is 79.9. The lowest BCUT2D eigenvalue weighted by molar-refractivity contribution is 0.424. The molecule has 0 saturated heterocycles. The van der Waals surface area contributed by atoms with Crippen molar-refractivity contribution in [2.45, 2.75) is 42.6 Å². The number of hydrogen-bond donors (Lipinski definition) is 1. The fourth-order valence-electron chi connectivity index (χ4n) is 1.70. The lowest BCUT2D eigenvalue weighted by Crippen LogP contribution is -2.35. The molecule has 0 amide bonds. The molecule has 2 aromatic carbocycles. The summed E-state index contributed by atoms with van der Waals surface area (Å²) in [6, 6.07) is 17.1. The quantitative estimate of drug-likeness (QED) is 0.783. The van der Waals surface area contributed by atoms with Crippen LogP contribution in [0.1, 0.15) is 26.3 Å². The van der Waals surface area contributed by atoms with Crippen LogP contribution in [0.3, 0.4) is 0 Å². The number of rotatable bonds is 4. The number of hydrogen-bond acceptors (Lipinski definition) is 2. The Morgan fingerprint density at radius 3 is 2.25 bits per heavy atom. The van der Waals surface area contributed by atoms with Crippen LogP contribution in [0.4, 0.5) is 0 Å². The van der Waals surface area contributed by atoms with Gasteiger partial charge in [-0.15, -0.1) is 0 Å². The molecule has 3 heteroatoms. The Hall–Kier alpha value is -0.770. The normalized spacial score (nSPS) is 11.6. The predicted molar refractivity (Wildman–Crippen MR) is 91.3 cm³/mol. The average molecular weight is 350 g/mol. The maximum Gasteiger partial charge on any atom is 0.0314 e. The Morgan fingerprint density at radius 2 is 1.65 bits per heavy atom. The van der Waals surface area contributed by atoms with E-state index in [1.165, 1.54) is 15.4 Å². The molecule has 0 spiro atoms. The smallest absolute Gasteiger partial charge is 0.0314 e. The van der Waals surface area contributed by atoms with E-state index in [4.69, 9.17) is 0 Å². The summed E-state index contributed by atoms with van der Waals surface area (Å²) < 4.78 is 1.14. The second-order valence-electron chi connectivity index (χ2n) is 5.78. The Morgan fingerprint density at radius 1 is 1.00 bits per heavy atom. The lowest BCUT2D eigenvalue weighted by atomic mass is 10.1. The van der Waals surface area contributed by atoms with Crippen molar-refractivity contribution in [3.8, 4) is 0 Å². The molecule has 0 fully saturated rings. The predicted octanol–water partition coefficient (Wildman–Crippen LogP) is 5.49. The van der Waals surface area contributed by atoms with Crippen LogP contribution in [-0.4, -0.2) is 5.54 Å². The van der Waals surface area contributed by atoms with E-state index in [0.717, 1.165) is 11.0 Å². The maximum absolute atomic E-state index is 3.58. The van der Waals surface area contributed by atoms with Gasteiger partial charge in [0.2, 0.25) is 0 Å². The van der Waals surface area contributed by atoms with E-state index in [1.807, 2.05) is 6.07 Å². The molecule has 0 bridgehead atoms. The third-order valence-electron chi connectivity index (χ3n) is 2.81. The first-order chi connectivity index (χ1) is 9.44. The van der Waals surface area contributed by atoms with Crippen LogP contribution < -0.4 is 5.32 Å². The lowest BCUT2D eigenvalue weighted by Gasteiger charge is -2.20. The van der Waals surface area contributed by atoms with Crippen LogP contribution in [0.2, 0.25) is 0 Å². The fraction of sp³-hybridized carbons (Fsp3) is 0.294. The molecule has 0 radical (unpaired) electrons. The zero-order valence-electron chi connectivity index (χ0n) is 12.1. The second kappa shape index (κ2) is 6.79. The van der Waals surface area contributed by atoms with Crippen LogP contribution >= 0.6 is 27.7 Å². The highest BCUT2D eigenvalue weighted by Gasteiger charge is 2.08. The topological polar surface area (TPSA) is 12.0 Å². The molecular weight excluding hydrogens is 330 g/mol. The summed E-state index contributed by atoms with van der Waals surface area (Å²) in [5.41, 5.74) is 1.47. The van der Waals surface area contributed by atoms with Gasteiger partial charge < -0.3 is 5.32 Å². The molecule has 20 heavy (non-hydrogen) atoms. The van der Waals surface area contributed by atoms with E-state index >= 15 is 0 Å². The van der Waals surface area contributed by atoms with E-state index in [2.05, 4.69) is 84.5 Å². The molecule has 106 valence electrons. The Labute approximate surface area is 134 Å². The Kier molecular flexibility index (Phi) is 5.30. The number of nitrogens with one attached hydrogen (secondary N) is 1. The van der Waals surface area contributed by atoms with Gasteiger partial charge in [-0.3, -0.25) is 0 Å². The van der Waals surface area contributed by atoms with Crippen LogP contribution in [0, 0.1) is 0 Å². The molecular formula is C17H20BrNS. The maximum atomic E-state index is 3.58. The standard InChI is InChI=1S/C17H20BrNS/c1-17(2,3)19-12-13-8-10-14(11-9-13)20-16-7-5-4-6-15(16)18/h4-11,19H,12H2,1-3H3. The van der Waals surface area contributed by atoms with Crippen molar-refractivity contribution in [3.63, 3.8) is 0 Å². The number of benzene rings is 2. The van der Waals surface area contributed by atoms with Crippen molar-refractivity contribution < 1.29 is 0 Å². The van der Waals surface area contributed by atoms with Crippen LogP contribution in [0.25, 0.3) is 0 Å². The van der Waals surface area contributed by atoms with E-state index in [-0.39, 0.29) is 5.54 Å². The molecule has 1 nitrogen and oxygen atoms in total. The van der Waals surface area contributed by atoms with E-state index < -0.39 is 0 Å². The van der Waals surface area contributed by atoms with Gasteiger partial charge in [0, 0.05) is 26.3 Å². The molecule has 2 rings (SSSR count). The van der Waals surface area contributed by atoms with E-state index in [9.17, 15) is 0 Å². The first kappa shape index (κ1) is 15.6. The van der Waals surface area contributed by atoms with Gasteiger partial charge >= 0.3 is 0 Å². The summed E-state index contributed by atoms with van der Waals surface area (Å²) >= 11 is 5.36. The highest BCUT2D eigenvalue weighted by molar-refractivity contribution is 9.10. The Balaban J connectivity index is 2.00. The molecule has 0 atom stereocenters. The van der Waals surface area contributed by atoms with Gasteiger partial charge in [-0.25, -0.2) is 0 Å². The van der Waals surface area contributed by atoms with Gasteiger partial charge in [0.05, 0.1) is 0 Å². The minimum Gasteiger partial charge on any atom is -0.308 e. The van der Waals surface area contributed by atoms with Gasteiger partial charge in [0.1, 0.15) is 0 Å². The van der Waals surface area contributed by atoms with Crippen molar-refractivity contribution >= 4 is 27.7 Å². The minimum atomic E-state index is 0.155. The summed E-state index contributed by atoms with van der Waals surface area (Å²) in [5, 5.41) is 3.50. The van der Waals surface area contributed by atoms with Gasteiger partial charge in [0.15, 0.2) is 0 Å². The molecule has 2 aromatic rings. The molecule has 0 aliphatic carbocycles. The van der Waals surface area contributed by atoms with Gasteiger partial charge in [-0.2, -0.15) is 0 Å². The zero-order valence-corrected chi connectivity index (χ0v) is 14.5. The van der Waals surface area contributed by atoms with Gasteiger partial charge in [0.25, 0.3) is 0 Å². The summed E-state index contributed by atoms with van der Waals surface area (Å²) in [6.45, 7) is 7.46. The monoisotopic (exact) mass is 349 g/mol. The van der Waals surface area contributed by atoms with E-state index in [1.54, 1.807) is 11.8 Å². The van der Waals surface area contributed by atoms with Crippen molar-refractivity contribution in [2.75, 3.05) is 0 Å². The molecule has 0 unspecified atom stereocenters. The first-order valence-corrected chi connectivity index (χ1v) is 8.31. The largest absolute Gasteiger partial charge is 0.308 e. The zero-order chi connectivity index (χ0) is 14.6. The fourth-order valence-corrected chi connectivity index (χ4v) is 3.06. The first-order valence-electron chi connectivity index (χ1n) is 6.70. The van der Waals surface area contributed by atoms with Crippen molar-refractivity contribution in [1.29, 1.82) is 0 Å². The molecule has 0 heterocycles. The second-order valence-corrected chi connectivity index (χ2v) is 7.75. The third kappa shape index (κ3) is 4.97. The number of halogens is 1. The van der Waals surface area contributed by atoms with Crippen LogP contribution in [-0.2, 0) is 6.54 Å². The van der Waals surface area contributed by atoms with Crippen molar-refractivity contribution in [2.24, 2.45) is 0 Å². The van der Waals surface area contributed by atoms with Crippen molar-refractivity contribution in [3.05, 3.63) is 58.6 Å². The minimum absolute atomic E-state index is 0.155. The van der Waals surface area contributed by atoms with Gasteiger partial charge in [-0.05, 0) is 66.5 Å². The Bertz CT molecular complexity index is 558. The van der Waals surface area contributed by atoms with Crippen LogP contribution in [0.15, 0.2) is 62.8 Å². The van der Waals surface area contributed by atoms with E-state index in [0.29, 0.717) is 0 Å². The molecule has 0 aliphatic rings. The summed E-state index contributed by atoms with van der Waals surface area (Å²) in [6.07, 6.45) is 0. The SMILES string of the molecule is CC(C)(C)NCc1ccc(Sc2ccccc2Br)cc1. The highest BCUT2D eigenvalue weighted by Crippen LogP contribution is 2.33. The molecule has 0 aliphatic heterocycles. The molecule has 0 saturated carbocycles. The summed E-state index contributed by atoms with van der Waals surface area (Å²) in [5.74, 6) is 0. The summed E-state index contributed by atoms with van der Waals surface area (Å²) in [4.78, 5) is 2.50. The molecule has 1 N–H and O–H groups in total. The van der Waals surface area contributed by atoms with Gasteiger partial charge in [-0.1, -0.05) is 36.0 Å². The third-order valence-corrected chi connectivity index (χ3v) is 4.85. The summed E-state index contributed by atoms with van der Waals surface area (Å²) in [7, 11) is 0. The molecule has 0 aromatic heterocycles. The average Bonchev–Trinajstić information content (AvgIpc) is 2.40. The van der Waals surface area contributed by atoms with Crippen LogP contribution in [0.5, 0.6) is 0 Å².